The van der Waals surface area contributed by atoms with Crippen molar-refractivity contribution >= 4 is 40.0 Å². The average Bonchev–Trinajstić information content (AvgIpc) is 2.79. The first-order chi connectivity index (χ1) is 15.8. The molecule has 1 N–H and O–H groups in total. The van der Waals surface area contributed by atoms with Crippen LogP contribution < -0.4 is 10.9 Å². The highest BCUT2D eigenvalue weighted by Gasteiger charge is 2.18. The van der Waals surface area contributed by atoms with Gasteiger partial charge in [-0.25, -0.2) is 4.98 Å². The molecule has 1 amide bonds. The lowest BCUT2D eigenvalue weighted by Gasteiger charge is -2.17. The zero-order chi connectivity index (χ0) is 23.5. The minimum absolute atomic E-state index is 0.0927. The first-order valence-electron chi connectivity index (χ1n) is 10.5. The van der Waals surface area contributed by atoms with Crippen LogP contribution in [0.15, 0.2) is 76.7 Å². The summed E-state index contributed by atoms with van der Waals surface area (Å²) in [6, 6.07) is 19.9. The van der Waals surface area contributed by atoms with Crippen LogP contribution in [0, 0.1) is 13.8 Å². The Morgan fingerprint density at radius 2 is 1.61 bits per heavy atom. The Labute approximate surface area is 195 Å². The summed E-state index contributed by atoms with van der Waals surface area (Å²) in [5.74, 6) is -0.142. The van der Waals surface area contributed by atoms with Crippen LogP contribution in [0.2, 0.25) is 0 Å². The molecule has 1 aromatic heterocycles. The van der Waals surface area contributed by atoms with Crippen molar-refractivity contribution in [2.75, 3.05) is 11.1 Å². The molecular weight excluding hydrogens is 434 g/mol. The molecule has 1 heterocycles. The van der Waals surface area contributed by atoms with Crippen molar-refractivity contribution in [1.29, 1.82) is 0 Å². The predicted molar refractivity (Wildman–Crippen MR) is 133 cm³/mol. The number of anilines is 1. The number of nitrogens with one attached hydrogen (secondary N) is 1. The van der Waals surface area contributed by atoms with E-state index in [-0.39, 0.29) is 23.0 Å². The Kier molecular flexibility index (Phi) is 6.42. The number of aryl methyl sites for hydroxylation is 2. The van der Waals surface area contributed by atoms with Crippen molar-refractivity contribution in [2.45, 2.75) is 25.9 Å². The molecule has 0 aliphatic carbocycles. The van der Waals surface area contributed by atoms with E-state index in [0.29, 0.717) is 27.3 Å². The van der Waals surface area contributed by atoms with Crippen LogP contribution in [-0.2, 0) is 4.79 Å². The number of fused-ring (bicyclic) bond motifs is 1. The maximum absolute atomic E-state index is 13.5. The molecule has 0 saturated heterocycles. The number of para-hydroxylation sites is 2. The Balaban J connectivity index is 1.71. The molecule has 33 heavy (non-hydrogen) atoms. The largest absolute Gasteiger partial charge is 0.326 e. The third kappa shape index (κ3) is 4.73. The summed E-state index contributed by atoms with van der Waals surface area (Å²) < 4.78 is 1.62. The zero-order valence-electron chi connectivity index (χ0n) is 18.6. The number of hydrogen-bond donors (Lipinski definition) is 1. The van der Waals surface area contributed by atoms with Gasteiger partial charge in [0.25, 0.3) is 5.56 Å². The predicted octanol–water partition coefficient (Wildman–Crippen LogP) is 4.94. The van der Waals surface area contributed by atoms with Crippen LogP contribution in [0.25, 0.3) is 16.6 Å². The van der Waals surface area contributed by atoms with E-state index in [1.54, 1.807) is 41.0 Å². The van der Waals surface area contributed by atoms with Gasteiger partial charge in [0.15, 0.2) is 10.9 Å². The van der Waals surface area contributed by atoms with Crippen LogP contribution in [0.4, 0.5) is 5.69 Å². The number of carbonyl (C=O) groups is 2. The molecule has 3 aromatic carbocycles. The number of Topliss-reactive ketones (excluding diaryl/α,β-unsaturated/α-hetero) is 1. The molecule has 0 radical (unpaired) electrons. The van der Waals surface area contributed by atoms with E-state index >= 15 is 0 Å². The Hall–Kier alpha value is -3.71. The zero-order valence-corrected chi connectivity index (χ0v) is 19.4. The fourth-order valence-electron chi connectivity index (χ4n) is 3.72. The number of ketones is 1. The van der Waals surface area contributed by atoms with E-state index in [1.165, 1.54) is 18.7 Å². The second kappa shape index (κ2) is 9.42. The fraction of sp³-hybridized carbons (Fsp3) is 0.154. The Morgan fingerprint density at radius 1 is 0.939 bits per heavy atom. The van der Waals surface area contributed by atoms with Crippen molar-refractivity contribution in [3.8, 4) is 5.69 Å². The molecule has 0 saturated carbocycles. The quantitative estimate of drug-likeness (QED) is 0.252. The van der Waals surface area contributed by atoms with Gasteiger partial charge in [-0.1, -0.05) is 42.1 Å². The number of amides is 1. The molecule has 0 bridgehead atoms. The molecule has 0 spiro atoms. The van der Waals surface area contributed by atoms with Crippen molar-refractivity contribution in [2.24, 2.45) is 0 Å². The van der Waals surface area contributed by atoms with Crippen LogP contribution in [0.1, 0.15) is 28.4 Å². The second-order valence-corrected chi connectivity index (χ2v) is 8.71. The Bertz CT molecular complexity index is 1410. The van der Waals surface area contributed by atoms with Crippen LogP contribution in [0.5, 0.6) is 0 Å². The van der Waals surface area contributed by atoms with Gasteiger partial charge in [0.2, 0.25) is 5.91 Å². The van der Waals surface area contributed by atoms with Gasteiger partial charge in [0.1, 0.15) is 0 Å². The Morgan fingerprint density at radius 3 is 2.27 bits per heavy atom. The van der Waals surface area contributed by atoms with Gasteiger partial charge in [0.05, 0.1) is 22.3 Å². The first-order valence-corrected chi connectivity index (χ1v) is 11.5. The van der Waals surface area contributed by atoms with E-state index in [0.717, 1.165) is 16.8 Å². The van der Waals surface area contributed by atoms with Gasteiger partial charge in [-0.3, -0.25) is 19.0 Å². The van der Waals surface area contributed by atoms with Gasteiger partial charge in [-0.05, 0) is 61.4 Å². The SMILES string of the molecule is CC(=O)Nc1ccc(C(=O)CSc2nc3ccccc3c(=O)n2-c2c(C)cccc2C)cc1. The van der Waals surface area contributed by atoms with Gasteiger partial charge in [0, 0.05) is 18.2 Å². The number of thioether (sulfide) groups is 1. The maximum atomic E-state index is 13.5. The lowest BCUT2D eigenvalue weighted by Crippen LogP contribution is -2.23. The normalized spacial score (nSPS) is 10.9. The molecule has 0 aliphatic heterocycles. The average molecular weight is 458 g/mol. The number of carbonyl (C=O) groups excluding carboxylic acids is 2. The van der Waals surface area contributed by atoms with Crippen molar-refractivity contribution in [3.63, 3.8) is 0 Å². The number of nitrogens with zero attached hydrogens (tertiary/aromatic N) is 2. The summed E-state index contributed by atoms with van der Waals surface area (Å²) in [7, 11) is 0. The van der Waals surface area contributed by atoms with E-state index in [1.807, 2.05) is 44.2 Å². The fourth-order valence-corrected chi connectivity index (χ4v) is 4.61. The van der Waals surface area contributed by atoms with E-state index in [2.05, 4.69) is 5.32 Å². The molecule has 7 heteroatoms. The third-order valence-corrected chi connectivity index (χ3v) is 6.21. The minimum Gasteiger partial charge on any atom is -0.326 e. The number of hydrogen-bond acceptors (Lipinski definition) is 5. The third-order valence-electron chi connectivity index (χ3n) is 5.27. The summed E-state index contributed by atoms with van der Waals surface area (Å²) in [5.41, 5.74) is 4.29. The van der Waals surface area contributed by atoms with E-state index < -0.39 is 0 Å². The maximum Gasteiger partial charge on any atom is 0.266 e. The van der Waals surface area contributed by atoms with E-state index in [9.17, 15) is 14.4 Å². The van der Waals surface area contributed by atoms with Gasteiger partial charge < -0.3 is 5.32 Å². The number of benzene rings is 3. The van der Waals surface area contributed by atoms with Crippen molar-refractivity contribution in [3.05, 3.63) is 93.8 Å². The number of rotatable bonds is 6. The van der Waals surface area contributed by atoms with Crippen LogP contribution in [0.3, 0.4) is 0 Å². The summed E-state index contributed by atoms with van der Waals surface area (Å²) in [5, 5.41) is 3.69. The highest BCUT2D eigenvalue weighted by atomic mass is 32.2. The monoisotopic (exact) mass is 457 g/mol. The summed E-state index contributed by atoms with van der Waals surface area (Å²) in [6.45, 7) is 5.35. The molecule has 6 nitrogen and oxygen atoms in total. The lowest BCUT2D eigenvalue weighted by atomic mass is 10.1. The summed E-state index contributed by atoms with van der Waals surface area (Å²) >= 11 is 1.24. The van der Waals surface area contributed by atoms with Crippen molar-refractivity contribution in [1.82, 2.24) is 9.55 Å². The van der Waals surface area contributed by atoms with E-state index in [4.69, 9.17) is 4.98 Å². The summed E-state index contributed by atoms with van der Waals surface area (Å²) in [6.07, 6.45) is 0. The lowest BCUT2D eigenvalue weighted by molar-refractivity contribution is -0.114. The molecule has 0 atom stereocenters. The molecule has 166 valence electrons. The van der Waals surface area contributed by atoms with Crippen molar-refractivity contribution < 1.29 is 9.59 Å². The first kappa shape index (κ1) is 22.5. The molecule has 4 aromatic rings. The highest BCUT2D eigenvalue weighted by molar-refractivity contribution is 7.99. The molecular formula is C26H23N3O3S. The minimum atomic E-state index is -0.170. The highest BCUT2D eigenvalue weighted by Crippen LogP contribution is 2.26. The van der Waals surface area contributed by atoms with Gasteiger partial charge in [-0.2, -0.15) is 0 Å². The molecule has 0 fully saturated rings. The van der Waals surface area contributed by atoms with Gasteiger partial charge in [-0.15, -0.1) is 0 Å². The van der Waals surface area contributed by atoms with Gasteiger partial charge >= 0.3 is 0 Å². The number of aromatic nitrogens is 2. The molecule has 0 aliphatic rings. The smallest absolute Gasteiger partial charge is 0.266 e. The topological polar surface area (TPSA) is 81.1 Å². The second-order valence-electron chi connectivity index (χ2n) is 7.76. The summed E-state index contributed by atoms with van der Waals surface area (Å²) in [4.78, 5) is 42.3. The van der Waals surface area contributed by atoms with Crippen LogP contribution >= 0.6 is 11.8 Å². The standard InChI is InChI=1S/C26H23N3O3S/c1-16-7-6-8-17(2)24(16)29-25(32)21-9-4-5-10-22(21)28-26(29)33-15-23(31)19-11-13-20(14-12-19)27-18(3)30/h4-14H,15H2,1-3H3,(H,27,30). The molecule has 4 rings (SSSR count). The molecule has 0 unspecified atom stereocenters. The van der Waals surface area contributed by atoms with Crippen LogP contribution in [-0.4, -0.2) is 27.0 Å².